The highest BCUT2D eigenvalue weighted by molar-refractivity contribution is 5.88. The molecule has 0 N–H and O–H groups in total. The lowest BCUT2D eigenvalue weighted by atomic mass is 10.0. The van der Waals surface area contributed by atoms with Crippen LogP contribution in [0.2, 0.25) is 0 Å². The highest BCUT2D eigenvalue weighted by Crippen LogP contribution is 2.46. The maximum Gasteiger partial charge on any atom is 0.243 e. The summed E-state index contributed by atoms with van der Waals surface area (Å²) in [5.41, 5.74) is 2.81. The molecule has 1 aliphatic carbocycles. The molecule has 0 radical (unpaired) electrons. The van der Waals surface area contributed by atoms with Gasteiger partial charge in [0.2, 0.25) is 5.91 Å². The van der Waals surface area contributed by atoms with Crippen LogP contribution >= 0.6 is 0 Å². The first-order valence-corrected chi connectivity index (χ1v) is 6.21. The normalized spacial score (nSPS) is 15.9. The molecule has 0 aromatic heterocycles. The monoisotopic (exact) mass is 242 g/mol. The average Bonchev–Trinajstić information content (AvgIpc) is 3.14. The minimum atomic E-state index is -0.716. The van der Waals surface area contributed by atoms with Gasteiger partial charge in [0.25, 0.3) is 0 Å². The molecule has 18 heavy (non-hydrogen) atoms. The molecular formula is C15H18N2O. The van der Waals surface area contributed by atoms with Gasteiger partial charge in [0.05, 0.1) is 6.07 Å². The molecule has 3 nitrogen and oxygen atoms in total. The van der Waals surface area contributed by atoms with Crippen molar-refractivity contribution in [3.63, 3.8) is 0 Å². The summed E-state index contributed by atoms with van der Waals surface area (Å²) in [5, 5.41) is 9.04. The van der Waals surface area contributed by atoms with E-state index in [1.54, 1.807) is 11.9 Å². The van der Waals surface area contributed by atoms with Gasteiger partial charge in [-0.25, -0.2) is 0 Å². The van der Waals surface area contributed by atoms with Crippen molar-refractivity contribution in [1.82, 2.24) is 4.90 Å². The predicted molar refractivity (Wildman–Crippen MR) is 69.7 cm³/mol. The number of nitriles is 1. The van der Waals surface area contributed by atoms with Gasteiger partial charge in [-0.3, -0.25) is 4.79 Å². The average molecular weight is 242 g/mol. The number of hydrogen-bond donors (Lipinski definition) is 0. The van der Waals surface area contributed by atoms with Crippen molar-refractivity contribution in [3.8, 4) is 6.07 Å². The van der Waals surface area contributed by atoms with Gasteiger partial charge in [-0.15, -0.1) is 0 Å². The quantitative estimate of drug-likeness (QED) is 0.817. The summed E-state index contributed by atoms with van der Waals surface area (Å²) in [6, 6.07) is 8.39. The van der Waals surface area contributed by atoms with Crippen LogP contribution in [-0.4, -0.2) is 17.9 Å². The van der Waals surface area contributed by atoms with Crippen molar-refractivity contribution in [2.45, 2.75) is 33.2 Å². The van der Waals surface area contributed by atoms with Gasteiger partial charge in [0.15, 0.2) is 0 Å². The Labute approximate surface area is 108 Å². The second-order valence-corrected chi connectivity index (χ2v) is 5.29. The van der Waals surface area contributed by atoms with E-state index in [1.165, 1.54) is 11.1 Å². The molecular weight excluding hydrogens is 224 g/mol. The lowest BCUT2D eigenvalue weighted by Gasteiger charge is -2.21. The lowest BCUT2D eigenvalue weighted by Crippen LogP contribution is -2.33. The molecule has 1 amide bonds. The minimum Gasteiger partial charge on any atom is -0.340 e. The zero-order valence-electron chi connectivity index (χ0n) is 11.2. The molecule has 1 aliphatic rings. The van der Waals surface area contributed by atoms with Gasteiger partial charge in [-0.2, -0.15) is 5.26 Å². The maximum atomic E-state index is 12.2. The van der Waals surface area contributed by atoms with E-state index >= 15 is 0 Å². The number of carbonyl (C=O) groups excluding carboxylic acids is 1. The van der Waals surface area contributed by atoms with Gasteiger partial charge in [0, 0.05) is 13.6 Å². The largest absolute Gasteiger partial charge is 0.340 e. The molecule has 0 unspecified atom stereocenters. The Bertz CT molecular complexity index is 524. The van der Waals surface area contributed by atoms with Gasteiger partial charge in [-0.05, 0) is 37.8 Å². The molecule has 0 aliphatic heterocycles. The number of nitrogens with zero attached hydrogens (tertiary/aromatic N) is 2. The van der Waals surface area contributed by atoms with Crippen LogP contribution in [0.5, 0.6) is 0 Å². The van der Waals surface area contributed by atoms with Crippen molar-refractivity contribution in [3.05, 3.63) is 34.9 Å². The molecule has 0 atom stereocenters. The van der Waals surface area contributed by atoms with Crippen LogP contribution in [-0.2, 0) is 11.3 Å². The summed E-state index contributed by atoms with van der Waals surface area (Å²) < 4.78 is 0. The van der Waals surface area contributed by atoms with E-state index in [9.17, 15) is 4.79 Å². The Morgan fingerprint density at radius 2 is 2.11 bits per heavy atom. The molecule has 1 saturated carbocycles. The molecule has 2 rings (SSSR count). The first kappa shape index (κ1) is 12.6. The second kappa shape index (κ2) is 4.45. The lowest BCUT2D eigenvalue weighted by molar-refractivity contribution is -0.134. The van der Waals surface area contributed by atoms with Crippen LogP contribution in [0.25, 0.3) is 0 Å². The summed E-state index contributed by atoms with van der Waals surface area (Å²) in [6.45, 7) is 4.67. The number of aryl methyl sites for hydroxylation is 2. The molecule has 0 spiro atoms. The predicted octanol–water partition coefficient (Wildman–Crippen LogP) is 2.57. The van der Waals surface area contributed by atoms with Gasteiger partial charge in [-0.1, -0.05) is 23.8 Å². The molecule has 0 bridgehead atoms. The highest BCUT2D eigenvalue weighted by Gasteiger charge is 2.51. The van der Waals surface area contributed by atoms with E-state index in [1.807, 2.05) is 13.8 Å². The van der Waals surface area contributed by atoms with E-state index in [4.69, 9.17) is 5.26 Å². The summed E-state index contributed by atoms with van der Waals surface area (Å²) in [7, 11) is 1.78. The molecule has 0 heterocycles. The molecule has 1 aromatic carbocycles. The number of carbonyl (C=O) groups is 1. The van der Waals surface area contributed by atoms with Crippen molar-refractivity contribution in [2.75, 3.05) is 7.05 Å². The second-order valence-electron chi connectivity index (χ2n) is 5.29. The Morgan fingerprint density at radius 3 is 2.67 bits per heavy atom. The molecule has 1 fully saturated rings. The van der Waals surface area contributed by atoms with Crippen molar-refractivity contribution < 1.29 is 4.79 Å². The first-order valence-electron chi connectivity index (χ1n) is 6.21. The Morgan fingerprint density at radius 1 is 1.44 bits per heavy atom. The Balaban J connectivity index is 2.12. The zero-order valence-corrected chi connectivity index (χ0v) is 11.2. The summed E-state index contributed by atoms with van der Waals surface area (Å²) >= 11 is 0. The van der Waals surface area contributed by atoms with Gasteiger partial charge >= 0.3 is 0 Å². The maximum absolute atomic E-state index is 12.2. The van der Waals surface area contributed by atoms with Crippen LogP contribution < -0.4 is 0 Å². The summed E-state index contributed by atoms with van der Waals surface area (Å²) in [4.78, 5) is 13.8. The van der Waals surface area contributed by atoms with Crippen molar-refractivity contribution >= 4 is 5.91 Å². The molecule has 0 saturated heterocycles. The van der Waals surface area contributed by atoms with E-state index in [2.05, 4.69) is 24.3 Å². The summed E-state index contributed by atoms with van der Waals surface area (Å²) in [5.74, 6) is -0.0362. The topological polar surface area (TPSA) is 44.1 Å². The van der Waals surface area contributed by atoms with Gasteiger partial charge in [0.1, 0.15) is 5.41 Å². The van der Waals surface area contributed by atoms with Gasteiger partial charge < -0.3 is 4.90 Å². The number of rotatable bonds is 3. The van der Waals surface area contributed by atoms with E-state index in [0.29, 0.717) is 19.4 Å². The van der Waals surface area contributed by atoms with Crippen LogP contribution in [0, 0.1) is 30.6 Å². The van der Waals surface area contributed by atoms with E-state index in [-0.39, 0.29) is 5.91 Å². The third-order valence-electron chi connectivity index (χ3n) is 3.63. The first-order chi connectivity index (χ1) is 8.48. The highest BCUT2D eigenvalue weighted by atomic mass is 16.2. The van der Waals surface area contributed by atoms with Crippen LogP contribution in [0.15, 0.2) is 18.2 Å². The smallest absolute Gasteiger partial charge is 0.243 e. The van der Waals surface area contributed by atoms with E-state index < -0.39 is 5.41 Å². The third-order valence-corrected chi connectivity index (χ3v) is 3.63. The van der Waals surface area contributed by atoms with Crippen molar-refractivity contribution in [2.24, 2.45) is 5.41 Å². The van der Waals surface area contributed by atoms with Crippen LogP contribution in [0.4, 0.5) is 0 Å². The number of amides is 1. The number of hydrogen-bond acceptors (Lipinski definition) is 2. The summed E-state index contributed by atoms with van der Waals surface area (Å²) in [6.07, 6.45) is 1.42. The SMILES string of the molecule is Cc1ccc(C)c(CN(C)C(=O)C2(C#N)CC2)c1. The fourth-order valence-electron chi connectivity index (χ4n) is 2.16. The van der Waals surface area contributed by atoms with E-state index in [0.717, 1.165) is 5.56 Å². The molecule has 3 heteroatoms. The zero-order chi connectivity index (χ0) is 13.3. The Hall–Kier alpha value is -1.82. The standard InChI is InChI=1S/C15H18N2O/c1-11-4-5-12(2)13(8-11)9-17(3)14(18)15(10-16)6-7-15/h4-5,8H,6-7,9H2,1-3H3. The van der Waals surface area contributed by atoms with Crippen LogP contribution in [0.3, 0.4) is 0 Å². The molecule has 94 valence electrons. The minimum absolute atomic E-state index is 0.0362. The molecule has 1 aromatic rings. The van der Waals surface area contributed by atoms with Crippen molar-refractivity contribution in [1.29, 1.82) is 5.26 Å². The fourth-order valence-corrected chi connectivity index (χ4v) is 2.16. The third kappa shape index (κ3) is 2.24. The Kier molecular flexibility index (Phi) is 3.13. The number of benzene rings is 1. The van der Waals surface area contributed by atoms with Crippen LogP contribution in [0.1, 0.15) is 29.5 Å². The fraction of sp³-hybridized carbons (Fsp3) is 0.467.